The molecule has 1 unspecified atom stereocenters. The Morgan fingerprint density at radius 1 is 1.30 bits per heavy atom. The van der Waals surface area contributed by atoms with Crippen molar-refractivity contribution < 1.29 is 24.8 Å². The van der Waals surface area contributed by atoms with Gasteiger partial charge in [0.2, 0.25) is 0 Å². The SMILES string of the molecule is CC(C)(OOC(CCCCO)C(=O)[O-])c1ccccc1. The highest BCUT2D eigenvalue weighted by Gasteiger charge is 2.24. The molecule has 0 aromatic heterocycles. The van der Waals surface area contributed by atoms with Crippen molar-refractivity contribution in [3.8, 4) is 0 Å². The Balaban J connectivity index is 2.55. The number of hydrogen-bond donors (Lipinski definition) is 1. The minimum absolute atomic E-state index is 0.0239. The number of aliphatic carboxylic acids is 1. The van der Waals surface area contributed by atoms with E-state index in [2.05, 4.69) is 0 Å². The summed E-state index contributed by atoms with van der Waals surface area (Å²) in [6.45, 7) is 3.61. The lowest BCUT2D eigenvalue weighted by molar-refractivity contribution is -0.399. The van der Waals surface area contributed by atoms with E-state index in [-0.39, 0.29) is 13.0 Å². The molecule has 1 rings (SSSR count). The number of hydrogen-bond acceptors (Lipinski definition) is 5. The van der Waals surface area contributed by atoms with Crippen molar-refractivity contribution in [2.24, 2.45) is 0 Å². The van der Waals surface area contributed by atoms with Crippen molar-refractivity contribution in [1.29, 1.82) is 0 Å². The number of rotatable bonds is 9. The van der Waals surface area contributed by atoms with Gasteiger partial charge >= 0.3 is 0 Å². The van der Waals surface area contributed by atoms with Crippen LogP contribution in [0.15, 0.2) is 30.3 Å². The van der Waals surface area contributed by atoms with E-state index in [9.17, 15) is 9.90 Å². The zero-order valence-electron chi connectivity index (χ0n) is 11.9. The lowest BCUT2D eigenvalue weighted by Crippen LogP contribution is -2.39. The fraction of sp³-hybridized carbons (Fsp3) is 0.533. The van der Waals surface area contributed by atoms with E-state index in [4.69, 9.17) is 14.9 Å². The van der Waals surface area contributed by atoms with Crippen LogP contribution >= 0.6 is 0 Å². The van der Waals surface area contributed by atoms with Gasteiger partial charge in [-0.2, -0.15) is 0 Å². The van der Waals surface area contributed by atoms with Crippen LogP contribution < -0.4 is 5.11 Å². The summed E-state index contributed by atoms with van der Waals surface area (Å²) in [6.07, 6.45) is 0.164. The number of carbonyl (C=O) groups is 1. The van der Waals surface area contributed by atoms with Crippen molar-refractivity contribution in [2.75, 3.05) is 6.61 Å². The van der Waals surface area contributed by atoms with Gasteiger partial charge in [-0.15, -0.1) is 0 Å². The first-order valence-corrected chi connectivity index (χ1v) is 6.69. The number of carbonyl (C=O) groups excluding carboxylic acids is 1. The largest absolute Gasteiger partial charge is 0.547 e. The van der Waals surface area contributed by atoms with Gasteiger partial charge in [0.15, 0.2) is 0 Å². The number of aliphatic hydroxyl groups excluding tert-OH is 1. The second-order valence-electron chi connectivity index (χ2n) is 5.08. The molecule has 1 aromatic rings. The molecule has 0 aliphatic carbocycles. The van der Waals surface area contributed by atoms with Crippen molar-refractivity contribution >= 4 is 5.97 Å². The molecule has 20 heavy (non-hydrogen) atoms. The van der Waals surface area contributed by atoms with E-state index in [1.807, 2.05) is 30.3 Å². The smallest absolute Gasteiger partial charge is 0.132 e. The maximum Gasteiger partial charge on any atom is 0.132 e. The van der Waals surface area contributed by atoms with E-state index in [1.54, 1.807) is 13.8 Å². The predicted octanol–water partition coefficient (Wildman–Crippen LogP) is 1.15. The summed E-state index contributed by atoms with van der Waals surface area (Å²) >= 11 is 0. The maximum atomic E-state index is 11.0. The van der Waals surface area contributed by atoms with Crippen LogP contribution in [0.5, 0.6) is 0 Å². The molecule has 0 spiro atoms. The number of carboxylic acids is 1. The zero-order chi connectivity index (χ0) is 15.0. The molecule has 0 bridgehead atoms. The van der Waals surface area contributed by atoms with Crippen LogP contribution in [0, 0.1) is 0 Å². The second-order valence-corrected chi connectivity index (χ2v) is 5.08. The van der Waals surface area contributed by atoms with Crippen LogP contribution in [0.3, 0.4) is 0 Å². The Bertz CT molecular complexity index is 402. The van der Waals surface area contributed by atoms with Crippen LogP contribution in [0.4, 0.5) is 0 Å². The monoisotopic (exact) mass is 281 g/mol. The van der Waals surface area contributed by atoms with Gasteiger partial charge < -0.3 is 15.0 Å². The number of benzene rings is 1. The topological polar surface area (TPSA) is 78.8 Å². The molecule has 0 aliphatic heterocycles. The molecule has 0 radical (unpaired) electrons. The molecule has 5 heteroatoms. The molecule has 1 N–H and O–H groups in total. The first kappa shape index (κ1) is 16.6. The van der Waals surface area contributed by atoms with Crippen LogP contribution in [0.2, 0.25) is 0 Å². The molecule has 5 nitrogen and oxygen atoms in total. The average molecular weight is 281 g/mol. The van der Waals surface area contributed by atoms with Gasteiger partial charge in [-0.05, 0) is 38.7 Å². The van der Waals surface area contributed by atoms with Crippen LogP contribution in [-0.2, 0) is 20.2 Å². The molecular weight excluding hydrogens is 260 g/mol. The van der Waals surface area contributed by atoms with Crippen molar-refractivity contribution in [3.63, 3.8) is 0 Å². The normalized spacial score (nSPS) is 13.2. The molecule has 0 saturated carbocycles. The number of unbranched alkanes of at least 4 members (excludes halogenated alkanes) is 1. The van der Waals surface area contributed by atoms with Gasteiger partial charge in [0.1, 0.15) is 11.7 Å². The fourth-order valence-corrected chi connectivity index (χ4v) is 1.71. The summed E-state index contributed by atoms with van der Waals surface area (Å²) in [5, 5.41) is 19.7. The average Bonchev–Trinajstić information content (AvgIpc) is 2.43. The summed E-state index contributed by atoms with van der Waals surface area (Å²) in [5.74, 6) is -1.31. The van der Waals surface area contributed by atoms with E-state index in [0.29, 0.717) is 12.8 Å². The van der Waals surface area contributed by atoms with Crippen molar-refractivity contribution in [3.05, 3.63) is 35.9 Å². The van der Waals surface area contributed by atoms with Gasteiger partial charge in [-0.1, -0.05) is 30.3 Å². The molecule has 1 atom stereocenters. The highest BCUT2D eigenvalue weighted by molar-refractivity contribution is 5.69. The Labute approximate surface area is 119 Å². The number of carboxylic acid groups (broad SMARTS) is 1. The van der Waals surface area contributed by atoms with Gasteiger partial charge in [0.05, 0.1) is 5.97 Å². The summed E-state index contributed by atoms with van der Waals surface area (Å²) < 4.78 is 0. The van der Waals surface area contributed by atoms with Gasteiger partial charge in [-0.25, -0.2) is 9.78 Å². The summed E-state index contributed by atoms with van der Waals surface area (Å²) in [6, 6.07) is 9.39. The summed E-state index contributed by atoms with van der Waals surface area (Å²) in [7, 11) is 0. The molecule has 0 aliphatic rings. The highest BCUT2D eigenvalue weighted by atomic mass is 17.2. The fourth-order valence-electron chi connectivity index (χ4n) is 1.71. The molecule has 0 saturated heterocycles. The van der Waals surface area contributed by atoms with Crippen LogP contribution in [0.25, 0.3) is 0 Å². The van der Waals surface area contributed by atoms with Gasteiger partial charge in [0, 0.05) is 6.61 Å². The van der Waals surface area contributed by atoms with Gasteiger partial charge in [0.25, 0.3) is 0 Å². The minimum atomic E-state index is -1.31. The molecular formula is C15H21O5-. The third-order valence-electron chi connectivity index (χ3n) is 2.98. The molecule has 0 heterocycles. The van der Waals surface area contributed by atoms with E-state index < -0.39 is 17.7 Å². The van der Waals surface area contributed by atoms with Crippen molar-refractivity contribution in [2.45, 2.75) is 44.8 Å². The standard InChI is InChI=1S/C15H22O5/c1-15(2,12-8-4-3-5-9-12)20-19-13(14(17)18)10-6-7-11-16/h3-5,8-9,13,16H,6-7,10-11H2,1-2H3,(H,17,18)/p-1. The van der Waals surface area contributed by atoms with Crippen molar-refractivity contribution in [1.82, 2.24) is 0 Å². The quantitative estimate of drug-likeness (QED) is 0.417. The third kappa shape index (κ3) is 5.28. The molecule has 112 valence electrons. The summed E-state index contributed by atoms with van der Waals surface area (Å²) in [5.41, 5.74) is 0.124. The molecule has 0 fully saturated rings. The Morgan fingerprint density at radius 3 is 2.50 bits per heavy atom. The van der Waals surface area contributed by atoms with Crippen LogP contribution in [0.1, 0.15) is 38.7 Å². The van der Waals surface area contributed by atoms with Gasteiger partial charge in [-0.3, -0.25) is 0 Å². The third-order valence-corrected chi connectivity index (χ3v) is 2.98. The first-order chi connectivity index (χ1) is 9.47. The Hall–Kier alpha value is -1.43. The Kier molecular flexibility index (Phi) is 6.64. The lowest BCUT2D eigenvalue weighted by Gasteiger charge is -2.27. The van der Waals surface area contributed by atoms with Crippen LogP contribution in [-0.4, -0.2) is 23.8 Å². The van der Waals surface area contributed by atoms with E-state index in [0.717, 1.165) is 5.56 Å². The second kappa shape index (κ2) is 7.99. The lowest BCUT2D eigenvalue weighted by atomic mass is 9.99. The first-order valence-electron chi connectivity index (χ1n) is 6.69. The molecule has 0 amide bonds. The molecule has 1 aromatic carbocycles. The minimum Gasteiger partial charge on any atom is -0.547 e. The highest BCUT2D eigenvalue weighted by Crippen LogP contribution is 2.25. The Morgan fingerprint density at radius 2 is 1.95 bits per heavy atom. The predicted molar refractivity (Wildman–Crippen MR) is 71.4 cm³/mol. The zero-order valence-corrected chi connectivity index (χ0v) is 11.9. The number of aliphatic hydroxyl groups is 1. The maximum absolute atomic E-state index is 11.0. The van der Waals surface area contributed by atoms with E-state index in [1.165, 1.54) is 0 Å². The summed E-state index contributed by atoms with van der Waals surface area (Å²) in [4.78, 5) is 21.3. The van der Waals surface area contributed by atoms with E-state index >= 15 is 0 Å².